The van der Waals surface area contributed by atoms with Gasteiger partial charge in [0.1, 0.15) is 0 Å². The van der Waals surface area contributed by atoms with Crippen LogP contribution in [0.15, 0.2) is 0 Å². The maximum absolute atomic E-state index is 4.72. The topological polar surface area (TPSA) is 41.1 Å². The van der Waals surface area contributed by atoms with Crippen LogP contribution in [0.2, 0.25) is 0 Å². The van der Waals surface area contributed by atoms with E-state index in [4.69, 9.17) is 9.97 Å². The molecule has 0 bridgehead atoms. The molecule has 1 atom stereocenters. The molecule has 1 N–H and O–H groups in total. The Morgan fingerprint density at radius 2 is 1.52 bits per heavy atom. The maximum Gasteiger partial charge on any atom is 0.225 e. The fourth-order valence-electron chi connectivity index (χ4n) is 2.52. The molecule has 1 rings (SSSR count). The van der Waals surface area contributed by atoms with Crippen molar-refractivity contribution >= 4 is 5.95 Å². The molecule has 0 amide bonds. The van der Waals surface area contributed by atoms with E-state index < -0.39 is 0 Å². The molecule has 120 valence electrons. The van der Waals surface area contributed by atoms with Gasteiger partial charge in [-0.3, -0.25) is 0 Å². The largest absolute Gasteiger partial charge is 0.341 e. The number of hydrogen-bond acceptors (Lipinski definition) is 4. The van der Waals surface area contributed by atoms with Gasteiger partial charge in [0, 0.05) is 30.5 Å². The Balaban J connectivity index is 2.84. The van der Waals surface area contributed by atoms with Crippen molar-refractivity contribution in [3.8, 4) is 0 Å². The standard InChI is InChI=1S/C17H32N4/c1-8-21(9-2)17-19-14(6)16(15(7)20-17)10-13(5)11-18-12(3)4/h12-13,18H,8-11H2,1-7H3. The molecule has 21 heavy (non-hydrogen) atoms. The minimum Gasteiger partial charge on any atom is -0.341 e. The van der Waals surface area contributed by atoms with E-state index in [0.717, 1.165) is 43.4 Å². The van der Waals surface area contributed by atoms with E-state index >= 15 is 0 Å². The highest BCUT2D eigenvalue weighted by Gasteiger charge is 2.14. The fraction of sp³-hybridized carbons (Fsp3) is 0.765. The Bertz CT molecular complexity index is 415. The summed E-state index contributed by atoms with van der Waals surface area (Å²) in [5.74, 6) is 1.46. The van der Waals surface area contributed by atoms with Gasteiger partial charge >= 0.3 is 0 Å². The van der Waals surface area contributed by atoms with Crippen LogP contribution < -0.4 is 10.2 Å². The van der Waals surface area contributed by atoms with Crippen LogP contribution in [0.3, 0.4) is 0 Å². The molecule has 1 heterocycles. The van der Waals surface area contributed by atoms with Gasteiger partial charge in [0.05, 0.1) is 0 Å². The number of anilines is 1. The van der Waals surface area contributed by atoms with Gasteiger partial charge in [0.15, 0.2) is 0 Å². The number of hydrogen-bond donors (Lipinski definition) is 1. The first-order valence-electron chi connectivity index (χ1n) is 8.21. The molecule has 1 aromatic rings. The Morgan fingerprint density at radius 1 is 1.00 bits per heavy atom. The summed E-state index contributed by atoms with van der Waals surface area (Å²) in [4.78, 5) is 11.6. The Labute approximate surface area is 130 Å². The number of nitrogens with zero attached hydrogens (tertiary/aromatic N) is 3. The summed E-state index contributed by atoms with van der Waals surface area (Å²) in [7, 11) is 0. The molecule has 0 spiro atoms. The average Bonchev–Trinajstić information content (AvgIpc) is 2.42. The van der Waals surface area contributed by atoms with Crippen LogP contribution in [0.25, 0.3) is 0 Å². The van der Waals surface area contributed by atoms with Gasteiger partial charge in [-0.2, -0.15) is 0 Å². The van der Waals surface area contributed by atoms with Gasteiger partial charge in [-0.25, -0.2) is 9.97 Å². The van der Waals surface area contributed by atoms with Gasteiger partial charge in [0.2, 0.25) is 5.95 Å². The summed E-state index contributed by atoms with van der Waals surface area (Å²) in [6.45, 7) is 18.1. The molecular weight excluding hydrogens is 260 g/mol. The second kappa shape index (κ2) is 8.32. The van der Waals surface area contributed by atoms with Crippen molar-refractivity contribution in [2.45, 2.75) is 60.9 Å². The van der Waals surface area contributed by atoms with Gasteiger partial charge < -0.3 is 10.2 Å². The van der Waals surface area contributed by atoms with Crippen molar-refractivity contribution in [1.82, 2.24) is 15.3 Å². The molecule has 0 fully saturated rings. The van der Waals surface area contributed by atoms with Crippen molar-refractivity contribution in [3.63, 3.8) is 0 Å². The summed E-state index contributed by atoms with van der Waals surface area (Å²) in [6, 6.07) is 0.538. The highest BCUT2D eigenvalue weighted by atomic mass is 15.2. The van der Waals surface area contributed by atoms with Crippen molar-refractivity contribution in [1.29, 1.82) is 0 Å². The fourth-order valence-corrected chi connectivity index (χ4v) is 2.52. The van der Waals surface area contributed by atoms with Crippen molar-refractivity contribution in [2.24, 2.45) is 5.92 Å². The summed E-state index contributed by atoms with van der Waals surface area (Å²) in [5, 5.41) is 3.50. The molecule has 0 saturated carbocycles. The molecule has 0 saturated heterocycles. The summed E-state index contributed by atoms with van der Waals surface area (Å²) in [6.07, 6.45) is 1.04. The smallest absolute Gasteiger partial charge is 0.225 e. The van der Waals surface area contributed by atoms with Crippen LogP contribution in [-0.2, 0) is 6.42 Å². The van der Waals surface area contributed by atoms with Crippen LogP contribution in [0.5, 0.6) is 0 Å². The molecule has 0 aliphatic rings. The molecular formula is C17H32N4. The van der Waals surface area contributed by atoms with E-state index in [-0.39, 0.29) is 0 Å². The first kappa shape index (κ1) is 17.9. The summed E-state index contributed by atoms with van der Waals surface area (Å²) in [5.41, 5.74) is 3.56. The third kappa shape index (κ3) is 5.27. The Morgan fingerprint density at radius 3 is 1.95 bits per heavy atom. The molecule has 0 radical (unpaired) electrons. The highest BCUT2D eigenvalue weighted by molar-refractivity contribution is 5.36. The number of aromatic nitrogens is 2. The van der Waals surface area contributed by atoms with Crippen LogP contribution in [-0.4, -0.2) is 35.6 Å². The summed E-state index contributed by atoms with van der Waals surface area (Å²) < 4.78 is 0. The van der Waals surface area contributed by atoms with Crippen LogP contribution >= 0.6 is 0 Å². The van der Waals surface area contributed by atoms with Gasteiger partial charge in [-0.1, -0.05) is 20.8 Å². The predicted octanol–water partition coefficient (Wildman–Crippen LogP) is 3.12. The van der Waals surface area contributed by atoms with E-state index in [1.165, 1.54) is 5.56 Å². The number of nitrogens with one attached hydrogen (secondary N) is 1. The molecule has 1 aromatic heterocycles. The number of aryl methyl sites for hydroxylation is 2. The van der Waals surface area contributed by atoms with E-state index in [1.807, 2.05) is 0 Å². The van der Waals surface area contributed by atoms with E-state index in [9.17, 15) is 0 Å². The van der Waals surface area contributed by atoms with Crippen molar-refractivity contribution in [3.05, 3.63) is 17.0 Å². The highest BCUT2D eigenvalue weighted by Crippen LogP contribution is 2.18. The minimum atomic E-state index is 0.538. The lowest BCUT2D eigenvalue weighted by molar-refractivity contribution is 0.473. The SMILES string of the molecule is CCN(CC)c1nc(C)c(CC(C)CNC(C)C)c(C)n1. The lowest BCUT2D eigenvalue weighted by Crippen LogP contribution is -2.29. The third-order valence-electron chi connectivity index (χ3n) is 3.88. The average molecular weight is 292 g/mol. The summed E-state index contributed by atoms with van der Waals surface area (Å²) >= 11 is 0. The first-order valence-corrected chi connectivity index (χ1v) is 8.21. The predicted molar refractivity (Wildman–Crippen MR) is 91.1 cm³/mol. The molecule has 4 heteroatoms. The van der Waals surface area contributed by atoms with Crippen molar-refractivity contribution < 1.29 is 0 Å². The monoisotopic (exact) mass is 292 g/mol. The second-order valence-corrected chi connectivity index (χ2v) is 6.22. The zero-order valence-corrected chi connectivity index (χ0v) is 14.8. The minimum absolute atomic E-state index is 0.538. The second-order valence-electron chi connectivity index (χ2n) is 6.22. The molecule has 0 aliphatic carbocycles. The Hall–Kier alpha value is -1.16. The quantitative estimate of drug-likeness (QED) is 0.799. The van der Waals surface area contributed by atoms with E-state index in [2.05, 4.69) is 58.7 Å². The van der Waals surface area contributed by atoms with Gasteiger partial charge in [-0.05, 0) is 52.1 Å². The maximum atomic E-state index is 4.72. The molecule has 0 aromatic carbocycles. The Kier molecular flexibility index (Phi) is 7.09. The van der Waals surface area contributed by atoms with Gasteiger partial charge in [-0.15, -0.1) is 0 Å². The zero-order chi connectivity index (χ0) is 16.0. The molecule has 1 unspecified atom stereocenters. The van der Waals surface area contributed by atoms with Gasteiger partial charge in [0.25, 0.3) is 0 Å². The van der Waals surface area contributed by atoms with Crippen LogP contribution in [0, 0.1) is 19.8 Å². The molecule has 4 nitrogen and oxygen atoms in total. The lowest BCUT2D eigenvalue weighted by Gasteiger charge is -2.22. The van der Waals surface area contributed by atoms with Crippen molar-refractivity contribution in [2.75, 3.05) is 24.5 Å². The van der Waals surface area contributed by atoms with Crippen LogP contribution in [0.4, 0.5) is 5.95 Å². The first-order chi connectivity index (χ1) is 9.88. The van der Waals surface area contributed by atoms with E-state index in [0.29, 0.717) is 12.0 Å². The van der Waals surface area contributed by atoms with Crippen LogP contribution in [0.1, 0.15) is 51.6 Å². The molecule has 0 aliphatic heterocycles. The number of rotatable bonds is 8. The normalized spacial score (nSPS) is 12.8. The lowest BCUT2D eigenvalue weighted by atomic mass is 9.98. The zero-order valence-electron chi connectivity index (χ0n) is 14.8. The van der Waals surface area contributed by atoms with E-state index in [1.54, 1.807) is 0 Å². The third-order valence-corrected chi connectivity index (χ3v) is 3.88.